The molecule has 0 saturated heterocycles. The number of amides is 1. The molecule has 1 aliphatic rings. The highest BCUT2D eigenvalue weighted by Crippen LogP contribution is 2.24. The maximum absolute atomic E-state index is 12.3. The van der Waals surface area contributed by atoms with E-state index in [0.717, 1.165) is 25.1 Å². The maximum atomic E-state index is 12.3. The molecule has 1 aliphatic heterocycles. The van der Waals surface area contributed by atoms with E-state index in [-0.39, 0.29) is 23.4 Å². The van der Waals surface area contributed by atoms with Crippen molar-refractivity contribution in [1.29, 1.82) is 0 Å². The van der Waals surface area contributed by atoms with Gasteiger partial charge in [0.05, 0.1) is 12.0 Å². The first-order valence-electron chi connectivity index (χ1n) is 9.26. The summed E-state index contributed by atoms with van der Waals surface area (Å²) in [5, 5.41) is 12.0. The Morgan fingerprint density at radius 3 is 2.41 bits per heavy atom. The molecule has 0 atom stereocenters. The molecule has 2 aromatic rings. The standard InChI is InChI=1S/C22H26N2O3/c1-22(2,24-12-11-17-5-3-4-6-19(17)14-24)15-23-20(25)13-16-7-9-18(10-8-16)21(26)27/h3-10H,11-15H2,1-2H3,(H,23,25)(H,26,27). The maximum Gasteiger partial charge on any atom is 0.335 e. The van der Waals surface area contributed by atoms with Crippen LogP contribution in [0, 0.1) is 0 Å². The Hall–Kier alpha value is -2.66. The number of benzene rings is 2. The fourth-order valence-electron chi connectivity index (χ4n) is 3.45. The largest absolute Gasteiger partial charge is 0.478 e. The number of carbonyl (C=O) groups excluding carboxylic acids is 1. The van der Waals surface area contributed by atoms with Crippen LogP contribution in [0.1, 0.15) is 40.9 Å². The monoisotopic (exact) mass is 366 g/mol. The van der Waals surface area contributed by atoms with E-state index in [9.17, 15) is 9.59 Å². The lowest BCUT2D eigenvalue weighted by molar-refractivity contribution is -0.121. The Bertz CT molecular complexity index is 828. The van der Waals surface area contributed by atoms with Crippen LogP contribution in [0.15, 0.2) is 48.5 Å². The van der Waals surface area contributed by atoms with E-state index in [1.165, 1.54) is 23.3 Å². The minimum atomic E-state index is -0.962. The third-order valence-corrected chi connectivity index (χ3v) is 5.27. The summed E-state index contributed by atoms with van der Waals surface area (Å²) in [5.41, 5.74) is 3.67. The topological polar surface area (TPSA) is 69.6 Å². The van der Waals surface area contributed by atoms with Gasteiger partial charge in [-0.15, -0.1) is 0 Å². The minimum Gasteiger partial charge on any atom is -0.478 e. The first-order valence-corrected chi connectivity index (χ1v) is 9.26. The van der Waals surface area contributed by atoms with Gasteiger partial charge in [0.2, 0.25) is 5.91 Å². The second kappa shape index (κ2) is 7.92. The Labute approximate surface area is 160 Å². The molecule has 2 aromatic carbocycles. The molecule has 0 bridgehead atoms. The summed E-state index contributed by atoms with van der Waals surface area (Å²) in [6.45, 7) is 6.76. The van der Waals surface area contributed by atoms with E-state index >= 15 is 0 Å². The molecule has 0 aromatic heterocycles. The lowest BCUT2D eigenvalue weighted by Crippen LogP contribution is -2.53. The molecule has 0 fully saturated rings. The van der Waals surface area contributed by atoms with Gasteiger partial charge >= 0.3 is 5.97 Å². The molecule has 2 N–H and O–H groups in total. The Morgan fingerprint density at radius 1 is 1.07 bits per heavy atom. The van der Waals surface area contributed by atoms with E-state index in [4.69, 9.17) is 5.11 Å². The van der Waals surface area contributed by atoms with Gasteiger partial charge in [0.25, 0.3) is 0 Å². The van der Waals surface area contributed by atoms with Crippen molar-refractivity contribution in [2.45, 2.75) is 38.8 Å². The number of hydrogen-bond donors (Lipinski definition) is 2. The summed E-state index contributed by atoms with van der Waals surface area (Å²) in [4.78, 5) is 25.6. The second-order valence-electron chi connectivity index (χ2n) is 7.71. The van der Waals surface area contributed by atoms with Crippen molar-refractivity contribution < 1.29 is 14.7 Å². The van der Waals surface area contributed by atoms with E-state index in [2.05, 4.69) is 48.3 Å². The van der Waals surface area contributed by atoms with Gasteiger partial charge in [-0.1, -0.05) is 36.4 Å². The summed E-state index contributed by atoms with van der Waals surface area (Å²) in [7, 11) is 0. The lowest BCUT2D eigenvalue weighted by Gasteiger charge is -2.41. The third kappa shape index (κ3) is 4.74. The number of rotatable bonds is 6. The minimum absolute atomic E-state index is 0.0523. The van der Waals surface area contributed by atoms with Crippen LogP contribution in [-0.2, 0) is 24.2 Å². The van der Waals surface area contributed by atoms with Crippen molar-refractivity contribution in [2.24, 2.45) is 0 Å². The molecule has 5 heteroatoms. The second-order valence-corrected chi connectivity index (χ2v) is 7.71. The molecule has 5 nitrogen and oxygen atoms in total. The van der Waals surface area contributed by atoms with Crippen LogP contribution in [0.5, 0.6) is 0 Å². The van der Waals surface area contributed by atoms with Crippen LogP contribution in [0.4, 0.5) is 0 Å². The number of carboxylic acid groups (broad SMARTS) is 1. The molecule has 0 spiro atoms. The number of aromatic carboxylic acids is 1. The van der Waals surface area contributed by atoms with Crippen molar-refractivity contribution in [2.75, 3.05) is 13.1 Å². The predicted octanol–water partition coefficient (Wildman–Crippen LogP) is 2.88. The lowest BCUT2D eigenvalue weighted by atomic mass is 9.94. The zero-order valence-corrected chi connectivity index (χ0v) is 15.9. The van der Waals surface area contributed by atoms with Crippen LogP contribution in [0.2, 0.25) is 0 Å². The Kier molecular flexibility index (Phi) is 5.61. The number of nitrogens with zero attached hydrogens (tertiary/aromatic N) is 1. The number of carboxylic acids is 1. The number of hydrogen-bond acceptors (Lipinski definition) is 3. The molecule has 3 rings (SSSR count). The first kappa shape index (κ1) is 19.1. The average Bonchev–Trinajstić information content (AvgIpc) is 2.66. The SMILES string of the molecule is CC(C)(CNC(=O)Cc1ccc(C(=O)O)cc1)N1CCc2ccccc2C1. The first-order chi connectivity index (χ1) is 12.8. The van der Waals surface area contributed by atoms with E-state index in [1.54, 1.807) is 12.1 Å². The number of carbonyl (C=O) groups is 2. The van der Waals surface area contributed by atoms with Crippen molar-refractivity contribution in [3.05, 3.63) is 70.8 Å². The predicted molar refractivity (Wildman–Crippen MR) is 105 cm³/mol. The summed E-state index contributed by atoms with van der Waals surface area (Å²) in [6.07, 6.45) is 1.28. The van der Waals surface area contributed by atoms with Crippen LogP contribution in [0.3, 0.4) is 0 Å². The summed E-state index contributed by atoms with van der Waals surface area (Å²) in [5.74, 6) is -1.01. The van der Waals surface area contributed by atoms with Gasteiger partial charge in [-0.05, 0) is 49.1 Å². The Balaban J connectivity index is 1.54. The highest BCUT2D eigenvalue weighted by molar-refractivity contribution is 5.87. The number of fused-ring (bicyclic) bond motifs is 1. The van der Waals surface area contributed by atoms with Gasteiger partial charge in [-0.3, -0.25) is 9.69 Å². The van der Waals surface area contributed by atoms with Gasteiger partial charge in [-0.25, -0.2) is 4.79 Å². The quantitative estimate of drug-likeness (QED) is 0.825. The van der Waals surface area contributed by atoms with Crippen LogP contribution < -0.4 is 5.32 Å². The van der Waals surface area contributed by atoms with E-state index in [0.29, 0.717) is 6.54 Å². The van der Waals surface area contributed by atoms with Gasteiger partial charge in [0, 0.05) is 25.2 Å². The smallest absolute Gasteiger partial charge is 0.335 e. The van der Waals surface area contributed by atoms with Gasteiger partial charge in [-0.2, -0.15) is 0 Å². The molecular weight excluding hydrogens is 340 g/mol. The summed E-state index contributed by atoms with van der Waals surface area (Å²) < 4.78 is 0. The van der Waals surface area contributed by atoms with Crippen molar-refractivity contribution in [3.63, 3.8) is 0 Å². The zero-order valence-electron chi connectivity index (χ0n) is 15.9. The van der Waals surface area contributed by atoms with Crippen molar-refractivity contribution >= 4 is 11.9 Å². The normalized spacial score (nSPS) is 14.4. The molecule has 0 radical (unpaired) electrons. The van der Waals surface area contributed by atoms with Gasteiger partial charge in [0.15, 0.2) is 0 Å². The molecular formula is C22H26N2O3. The fourth-order valence-corrected chi connectivity index (χ4v) is 3.45. The van der Waals surface area contributed by atoms with Crippen molar-refractivity contribution in [1.82, 2.24) is 10.2 Å². The van der Waals surface area contributed by atoms with Crippen LogP contribution in [0.25, 0.3) is 0 Å². The fraction of sp³-hybridized carbons (Fsp3) is 0.364. The van der Waals surface area contributed by atoms with Crippen LogP contribution >= 0.6 is 0 Å². The highest BCUT2D eigenvalue weighted by atomic mass is 16.4. The Morgan fingerprint density at radius 2 is 1.74 bits per heavy atom. The number of nitrogens with one attached hydrogen (secondary N) is 1. The summed E-state index contributed by atoms with van der Waals surface area (Å²) in [6, 6.07) is 15.0. The molecule has 1 amide bonds. The van der Waals surface area contributed by atoms with Gasteiger partial charge < -0.3 is 10.4 Å². The molecule has 0 saturated carbocycles. The van der Waals surface area contributed by atoms with Crippen LogP contribution in [-0.4, -0.2) is 40.5 Å². The molecule has 142 valence electrons. The average molecular weight is 366 g/mol. The molecule has 0 unspecified atom stereocenters. The molecule has 1 heterocycles. The van der Waals surface area contributed by atoms with E-state index < -0.39 is 5.97 Å². The highest BCUT2D eigenvalue weighted by Gasteiger charge is 2.30. The zero-order chi connectivity index (χ0) is 19.4. The molecule has 27 heavy (non-hydrogen) atoms. The van der Waals surface area contributed by atoms with Gasteiger partial charge in [0.1, 0.15) is 0 Å². The summed E-state index contributed by atoms with van der Waals surface area (Å²) >= 11 is 0. The van der Waals surface area contributed by atoms with Crippen molar-refractivity contribution in [3.8, 4) is 0 Å². The third-order valence-electron chi connectivity index (χ3n) is 5.27. The molecule has 0 aliphatic carbocycles. The van der Waals surface area contributed by atoms with E-state index in [1.807, 2.05) is 0 Å².